The minimum Gasteiger partial charge on any atom is -0.870 e. The van der Waals surface area contributed by atoms with E-state index in [0.717, 1.165) is 102 Å². The highest BCUT2D eigenvalue weighted by Gasteiger charge is 2.31. The van der Waals surface area contributed by atoms with Crippen LogP contribution in [0.2, 0.25) is 30.1 Å². The first-order valence-corrected chi connectivity index (χ1v) is 41.4. The lowest BCUT2D eigenvalue weighted by Gasteiger charge is -2.29. The number of aliphatic hydroxyl groups excluding tert-OH is 3. The van der Waals surface area contributed by atoms with Crippen molar-refractivity contribution in [3.63, 3.8) is 0 Å². The number of rotatable bonds is 33. The fraction of sp³-hybridized carbons (Fsp3) is 0.364. The van der Waals surface area contributed by atoms with Gasteiger partial charge in [0, 0.05) is 66.7 Å². The van der Waals surface area contributed by atoms with E-state index in [1.165, 1.54) is 91.0 Å². The molecule has 2 saturated heterocycles. The van der Waals surface area contributed by atoms with E-state index in [9.17, 15) is 60.5 Å². The minimum atomic E-state index is -3.03. The highest BCUT2D eigenvalue weighted by Crippen LogP contribution is 2.42. The zero-order chi connectivity index (χ0) is 87.4. The third-order valence-corrected chi connectivity index (χ3v) is 21.9. The van der Waals surface area contributed by atoms with Gasteiger partial charge in [0.2, 0.25) is 0 Å². The smallest absolute Gasteiger partial charge is 0.387 e. The topological polar surface area (TPSA) is 388 Å². The number of hydrogen-bond acceptors (Lipinski definition) is 21. The number of aromatic amines is 3. The second kappa shape index (κ2) is 51.2. The number of halogens is 12. The lowest BCUT2D eigenvalue weighted by atomic mass is 10.0. The van der Waals surface area contributed by atoms with Crippen LogP contribution in [0.1, 0.15) is 173 Å². The Labute approximate surface area is 746 Å². The molecule has 9 aromatic rings. The van der Waals surface area contributed by atoms with E-state index in [0.29, 0.717) is 130 Å². The first-order valence-electron chi connectivity index (χ1n) is 39.1. The van der Waals surface area contributed by atoms with Crippen molar-refractivity contribution in [1.82, 2.24) is 10.2 Å². The van der Waals surface area contributed by atoms with E-state index >= 15 is 0 Å². The molecule has 0 unspecified atom stereocenters. The Bertz CT molecular complexity index is 4870. The molecule has 0 amide bonds. The van der Waals surface area contributed by atoms with Crippen LogP contribution in [0.3, 0.4) is 0 Å². The van der Waals surface area contributed by atoms with Crippen LogP contribution in [0, 0.1) is 17.8 Å². The molecule has 14 rings (SSSR count). The van der Waals surface area contributed by atoms with Crippen LogP contribution in [0.5, 0.6) is 34.5 Å². The maximum atomic E-state index is 13.4. The summed E-state index contributed by atoms with van der Waals surface area (Å²) in [5, 5.41) is 43.0. The highest BCUT2D eigenvalue weighted by molar-refractivity contribution is 6.36. The minimum absolute atomic E-state index is 0. The maximum Gasteiger partial charge on any atom is 0.387 e. The highest BCUT2D eigenvalue weighted by atomic mass is 35.5. The lowest BCUT2D eigenvalue weighted by Crippen LogP contribution is -2.35. The van der Waals surface area contributed by atoms with Gasteiger partial charge in [-0.3, -0.25) is 14.5 Å². The zero-order valence-corrected chi connectivity index (χ0v) is 71.4. The Morgan fingerprint density at radius 3 is 1.07 bits per heavy atom. The molecule has 0 bridgehead atoms. The first kappa shape index (κ1) is 102. The summed E-state index contributed by atoms with van der Waals surface area (Å²) in [6, 6.07) is 32.2. The van der Waals surface area contributed by atoms with Gasteiger partial charge in [-0.25, -0.2) is 29.3 Å². The molecule has 6 aromatic carbocycles. The average molecular weight is 1870 g/mol. The molecule has 5 aliphatic rings. The van der Waals surface area contributed by atoms with Crippen molar-refractivity contribution in [3.05, 3.63) is 261 Å². The van der Waals surface area contributed by atoms with Gasteiger partial charge < -0.3 is 80.1 Å². The zero-order valence-electron chi connectivity index (χ0n) is 66.9. The van der Waals surface area contributed by atoms with Crippen molar-refractivity contribution in [1.29, 1.82) is 0 Å². The average Bonchev–Trinajstić information content (AvgIpc) is 1.42. The largest absolute Gasteiger partial charge is 0.870 e. The normalized spacial score (nSPS) is 15.0. The van der Waals surface area contributed by atoms with E-state index in [4.69, 9.17) is 104 Å². The number of aliphatic hydroxyl groups is 3. The second-order valence-electron chi connectivity index (χ2n) is 29.3. The van der Waals surface area contributed by atoms with Gasteiger partial charge in [0.25, 0.3) is 0 Å². The predicted molar refractivity (Wildman–Crippen MR) is 447 cm³/mol. The van der Waals surface area contributed by atoms with Crippen LogP contribution < -0.4 is 48.7 Å². The number of benzene rings is 6. The Morgan fingerprint density at radius 2 is 0.752 bits per heavy atom. The summed E-state index contributed by atoms with van der Waals surface area (Å²) < 4.78 is 120. The number of carbonyl (C=O) groups excluding carboxylic acids is 4. The number of ether oxygens (including phenoxy) is 8. The van der Waals surface area contributed by atoms with Gasteiger partial charge >= 0.3 is 37.7 Å². The number of pyridine rings is 3. The summed E-state index contributed by atoms with van der Waals surface area (Å²) in [5.74, 6) is -0.811. The Hall–Kier alpha value is -9.68. The molecule has 5 fully saturated rings. The van der Waals surface area contributed by atoms with Gasteiger partial charge in [-0.1, -0.05) is 124 Å². The number of alkyl halides is 6. The fourth-order valence-corrected chi connectivity index (χ4v) is 14.0. The maximum absolute atomic E-state index is 13.4. The van der Waals surface area contributed by atoms with Crippen molar-refractivity contribution in [2.45, 2.75) is 140 Å². The molecule has 11 N–H and O–H groups in total. The summed E-state index contributed by atoms with van der Waals surface area (Å²) in [6.07, 6.45) is 17.7. The summed E-state index contributed by atoms with van der Waals surface area (Å²) in [4.78, 5) is 68.5. The van der Waals surface area contributed by atoms with Crippen molar-refractivity contribution in [2.24, 2.45) is 17.8 Å². The van der Waals surface area contributed by atoms with Crippen LogP contribution in [-0.4, -0.2) is 150 Å². The van der Waals surface area contributed by atoms with Crippen molar-refractivity contribution in [3.8, 4) is 34.5 Å². The molecule has 0 radical (unpaired) electrons. The molecule has 3 aromatic heterocycles. The molecular weight excluding hydrogens is 1770 g/mol. The molecule has 5 heterocycles. The molecule has 25 nitrogen and oxygen atoms in total. The molecule has 3 saturated carbocycles. The Balaban J connectivity index is 0.000000234. The Kier molecular flexibility index (Phi) is 41.9. The molecule has 3 atom stereocenters. The van der Waals surface area contributed by atoms with E-state index in [-0.39, 0.29) is 93.5 Å². The first-order chi connectivity index (χ1) is 58.6. The van der Waals surface area contributed by atoms with Crippen LogP contribution in [0.4, 0.5) is 26.3 Å². The number of nitrogens with zero attached hydrogens (tertiary/aromatic N) is 1. The third kappa shape index (κ3) is 33.6. The third-order valence-electron chi connectivity index (χ3n) is 19.9. The standard InChI is InChI=1S/C31H32Cl2F2N2O5.C26H21Cl2F2NO5.C18H17Cl2F2NO3.C8H6O3.C5H11NO.3H2O/c32-25-15-36-16-26(33)24(25)14-28(22-7-8-27(42-31(34)35)29(13-22)40-18-20-1-2-20)41-30(39)21-5-3-19(4-6-21)17-37-11-9-23(38)10-12-37;27-20-11-31-12-21(28)19(20)10-23(35-25(33)17-5-3-15(13-32)4-6-17)18-7-8-22(36-26(29)30)24(9-18)34-14-16-1-2-16;19-13-7-23-8-14(20)12(13)6-15(24)11-3-4-16(26-18(21)22)17(5-11)25-9-10-1-2-10;9-5-6-1-3-7(4-2-6)8(10)11;7-5-1-3-6-4-2-5;;;/h3-8,13,15-16,20,23,28,31,38H,1-2,9-12,14,17-18H2;3-9,11-13,16,23,26H,1-2,10,14H2;3-5,7-8,10,15,18,24H,1-2,6,9H2;1-5H,(H,10,11);5-7H,1-4H2;3*1H2/t28-;23-;15-;;;;;/m000...../s1. The number of aromatic nitrogens is 3. The van der Waals surface area contributed by atoms with Crippen LogP contribution >= 0.6 is 69.6 Å². The SMILES string of the molecule is O=C(O[C@@H](Cc1c(Cl)c[nH+]cc1Cl)c1ccc(OC(F)F)c(OCC2CC2)c1)c1ccc(CN2CCC(O)CC2)cc1.O=Cc1ccc(C(=O)O)cc1.O=Cc1ccc(C(=O)O[C@@H](Cc2c(Cl)c[nH+]cc2Cl)c2ccc(OC(F)F)c(OCC3CC3)c2)cc1.OC1CCNCC1.O[C@@H](Cc1c(Cl)c[nH+]cc1Cl)c1ccc(OC(F)F)c(OCC2CC2)c1.[OH-].[OH-].[OH-]. The van der Waals surface area contributed by atoms with E-state index in [1.807, 2.05) is 12.1 Å². The predicted octanol–water partition coefficient (Wildman–Crippen LogP) is 17.3. The molecular formula is C88H93Cl6F6N5O20. The van der Waals surface area contributed by atoms with Crippen molar-refractivity contribution < 1.29 is 140 Å². The number of carboxylic acid groups (broad SMARTS) is 1. The number of likely N-dealkylation sites (tertiary alicyclic amines) is 1. The second-order valence-corrected chi connectivity index (χ2v) is 31.7. The van der Waals surface area contributed by atoms with Crippen molar-refractivity contribution >= 4 is 100 Å². The molecule has 3 aliphatic carbocycles. The van der Waals surface area contributed by atoms with E-state index in [1.54, 1.807) is 61.4 Å². The number of piperidine rings is 2. The summed E-state index contributed by atoms with van der Waals surface area (Å²) in [5.41, 5.74) is 5.88. The van der Waals surface area contributed by atoms with Gasteiger partial charge in [-0.05, 0) is 190 Å². The number of esters is 2. The van der Waals surface area contributed by atoms with Crippen molar-refractivity contribution in [2.75, 3.05) is 46.0 Å². The van der Waals surface area contributed by atoms with Gasteiger partial charge in [0.05, 0.1) is 54.8 Å². The Morgan fingerprint density at radius 1 is 0.432 bits per heavy atom. The van der Waals surface area contributed by atoms with E-state index in [2.05, 4.69) is 39.4 Å². The summed E-state index contributed by atoms with van der Waals surface area (Å²) in [6.45, 7) is -3.47. The van der Waals surface area contributed by atoms with Crippen LogP contribution in [0.25, 0.3) is 0 Å². The van der Waals surface area contributed by atoms with Gasteiger partial charge in [-0.15, -0.1) is 0 Å². The molecule has 125 heavy (non-hydrogen) atoms. The number of aldehydes is 2. The summed E-state index contributed by atoms with van der Waals surface area (Å²) >= 11 is 37.7. The van der Waals surface area contributed by atoms with Gasteiger partial charge in [0.15, 0.2) is 71.7 Å². The van der Waals surface area contributed by atoms with E-state index < -0.39 is 56.1 Å². The van der Waals surface area contributed by atoms with Crippen LogP contribution in [-0.2, 0) is 35.3 Å². The number of H-pyrrole nitrogens is 3. The number of hydrogen-bond donors (Lipinski definition) is 5. The quantitative estimate of drug-likeness (QED) is 0.0145. The van der Waals surface area contributed by atoms with Gasteiger partial charge in [0.1, 0.15) is 54.9 Å². The molecule has 0 spiro atoms. The number of carboxylic acids is 1. The molecule has 37 heteroatoms. The molecule has 2 aliphatic heterocycles. The van der Waals surface area contributed by atoms with Crippen LogP contribution in [0.15, 0.2) is 165 Å². The number of nitrogens with one attached hydrogen (secondary N) is 4. The monoisotopic (exact) mass is 1860 g/mol. The van der Waals surface area contributed by atoms with Gasteiger partial charge in [-0.2, -0.15) is 26.3 Å². The number of aromatic carboxylic acids is 1. The lowest BCUT2D eigenvalue weighted by molar-refractivity contribution is -0.378. The molecule has 674 valence electrons. The number of carbonyl (C=O) groups is 5. The fourth-order valence-electron chi connectivity index (χ4n) is 12.4. The summed E-state index contributed by atoms with van der Waals surface area (Å²) in [7, 11) is 0.